The molecule has 2 N–H and O–H groups in total. The number of aromatic nitrogens is 1. The maximum atomic E-state index is 13.1. The van der Waals surface area contributed by atoms with Crippen LogP contribution in [-0.2, 0) is 11.2 Å². The van der Waals surface area contributed by atoms with Gasteiger partial charge in [0.2, 0.25) is 5.91 Å². The lowest BCUT2D eigenvalue weighted by Gasteiger charge is -2.47. The fourth-order valence-electron chi connectivity index (χ4n) is 5.13. The third kappa shape index (κ3) is 3.52. The minimum atomic E-state index is 0.342. The van der Waals surface area contributed by atoms with Gasteiger partial charge in [0.25, 0.3) is 0 Å². The zero-order valence-electron chi connectivity index (χ0n) is 15.8. The predicted octanol–water partition coefficient (Wildman–Crippen LogP) is 3.87. The number of aromatic amines is 1. The fourth-order valence-corrected chi connectivity index (χ4v) is 5.13. The van der Waals surface area contributed by atoms with Crippen LogP contribution in [0.3, 0.4) is 0 Å². The van der Waals surface area contributed by atoms with Crippen LogP contribution in [0.15, 0.2) is 30.5 Å². The smallest absolute Gasteiger partial charge is 0.223 e. The highest BCUT2D eigenvalue weighted by Gasteiger charge is 2.39. The van der Waals surface area contributed by atoms with Crippen molar-refractivity contribution >= 4 is 16.8 Å². The monoisotopic (exact) mass is 353 g/mol. The van der Waals surface area contributed by atoms with Crippen molar-refractivity contribution < 1.29 is 4.79 Å². The molecule has 2 aromatic rings. The molecular formula is C22H31N3O. The molecule has 0 bridgehead atoms. The minimum absolute atomic E-state index is 0.342. The molecule has 0 spiro atoms. The van der Waals surface area contributed by atoms with Crippen molar-refractivity contribution in [3.63, 3.8) is 0 Å². The highest BCUT2D eigenvalue weighted by Crippen LogP contribution is 2.36. The van der Waals surface area contributed by atoms with Crippen molar-refractivity contribution in [3.8, 4) is 0 Å². The number of carbonyl (C=O) groups excluding carboxylic acids is 1. The molecule has 1 amide bonds. The lowest BCUT2D eigenvalue weighted by Crippen LogP contribution is -2.57. The number of rotatable bonds is 5. The van der Waals surface area contributed by atoms with Gasteiger partial charge in [0, 0.05) is 42.1 Å². The highest BCUT2D eigenvalue weighted by molar-refractivity contribution is 5.84. The van der Waals surface area contributed by atoms with Gasteiger partial charge in [0.05, 0.1) is 0 Å². The molecule has 26 heavy (non-hydrogen) atoms. The summed E-state index contributed by atoms with van der Waals surface area (Å²) in [6.07, 6.45) is 9.84. The van der Waals surface area contributed by atoms with Crippen LogP contribution in [-0.4, -0.2) is 41.0 Å². The van der Waals surface area contributed by atoms with Crippen molar-refractivity contribution in [1.29, 1.82) is 0 Å². The number of likely N-dealkylation sites (N-methyl/N-ethyl adjacent to an activating group) is 1. The number of fused-ring (bicyclic) bond motifs is 2. The van der Waals surface area contributed by atoms with Crippen LogP contribution in [0.2, 0.25) is 0 Å². The minimum Gasteiger partial charge on any atom is -0.361 e. The molecule has 2 fully saturated rings. The van der Waals surface area contributed by atoms with E-state index in [-0.39, 0.29) is 0 Å². The SMILES string of the molecule is CCNC1CC2CCCCC2N(C(=O)CCc2c[nH]c3ccccc23)C1. The third-order valence-corrected chi connectivity index (χ3v) is 6.37. The molecule has 1 saturated heterocycles. The molecule has 1 saturated carbocycles. The molecule has 2 heterocycles. The summed E-state index contributed by atoms with van der Waals surface area (Å²) < 4.78 is 0. The van der Waals surface area contributed by atoms with Crippen LogP contribution in [0.5, 0.6) is 0 Å². The van der Waals surface area contributed by atoms with Gasteiger partial charge in [0.1, 0.15) is 0 Å². The van der Waals surface area contributed by atoms with Gasteiger partial charge < -0.3 is 15.2 Å². The average Bonchev–Trinajstić information content (AvgIpc) is 3.09. The summed E-state index contributed by atoms with van der Waals surface area (Å²) in [6.45, 7) is 4.04. The Labute approximate surface area is 156 Å². The number of para-hydroxylation sites is 1. The molecule has 1 aromatic heterocycles. The van der Waals surface area contributed by atoms with Crippen LogP contribution in [0.1, 0.15) is 51.0 Å². The van der Waals surface area contributed by atoms with Crippen LogP contribution in [0.4, 0.5) is 0 Å². The number of nitrogens with zero attached hydrogens (tertiary/aromatic N) is 1. The Hall–Kier alpha value is -1.81. The molecule has 4 nitrogen and oxygen atoms in total. The Balaban J connectivity index is 1.45. The first kappa shape index (κ1) is 17.6. The molecule has 140 valence electrons. The number of aryl methyl sites for hydroxylation is 1. The van der Waals surface area contributed by atoms with Gasteiger partial charge in [-0.05, 0) is 49.8 Å². The number of nitrogens with one attached hydrogen (secondary N) is 2. The van der Waals surface area contributed by atoms with Gasteiger partial charge in [-0.3, -0.25) is 4.79 Å². The van der Waals surface area contributed by atoms with Crippen LogP contribution in [0.25, 0.3) is 10.9 Å². The Bertz CT molecular complexity index is 753. The van der Waals surface area contributed by atoms with E-state index in [4.69, 9.17) is 0 Å². The van der Waals surface area contributed by atoms with Gasteiger partial charge in [-0.1, -0.05) is 38.0 Å². The van der Waals surface area contributed by atoms with E-state index in [0.717, 1.165) is 25.0 Å². The van der Waals surface area contributed by atoms with Crippen molar-refractivity contribution in [1.82, 2.24) is 15.2 Å². The number of H-pyrrole nitrogens is 1. The fraction of sp³-hybridized carbons (Fsp3) is 0.591. The molecule has 1 aliphatic carbocycles. The van der Waals surface area contributed by atoms with E-state index >= 15 is 0 Å². The number of amides is 1. The highest BCUT2D eigenvalue weighted by atomic mass is 16.2. The summed E-state index contributed by atoms with van der Waals surface area (Å²) >= 11 is 0. The summed E-state index contributed by atoms with van der Waals surface area (Å²) in [5.74, 6) is 1.04. The van der Waals surface area contributed by atoms with Crippen LogP contribution >= 0.6 is 0 Å². The topological polar surface area (TPSA) is 48.1 Å². The van der Waals surface area contributed by atoms with E-state index in [1.54, 1.807) is 0 Å². The first-order valence-corrected chi connectivity index (χ1v) is 10.3. The molecule has 1 aliphatic heterocycles. The maximum Gasteiger partial charge on any atom is 0.223 e. The van der Waals surface area contributed by atoms with E-state index in [0.29, 0.717) is 30.3 Å². The number of likely N-dealkylation sites (tertiary alicyclic amines) is 1. The largest absolute Gasteiger partial charge is 0.361 e. The Morgan fingerprint density at radius 3 is 3.00 bits per heavy atom. The van der Waals surface area contributed by atoms with Gasteiger partial charge in [0.15, 0.2) is 0 Å². The summed E-state index contributed by atoms with van der Waals surface area (Å²) in [4.78, 5) is 18.7. The Kier molecular flexibility index (Phi) is 5.30. The van der Waals surface area contributed by atoms with E-state index in [1.165, 1.54) is 43.1 Å². The molecule has 2 aliphatic rings. The number of hydrogen-bond acceptors (Lipinski definition) is 2. The lowest BCUT2D eigenvalue weighted by molar-refractivity contribution is -0.138. The molecule has 1 aromatic carbocycles. The van der Waals surface area contributed by atoms with Gasteiger partial charge in [-0.25, -0.2) is 0 Å². The van der Waals surface area contributed by atoms with Crippen molar-refractivity contribution in [2.75, 3.05) is 13.1 Å². The molecule has 3 unspecified atom stereocenters. The van der Waals surface area contributed by atoms with E-state index in [9.17, 15) is 4.79 Å². The first-order chi connectivity index (χ1) is 12.8. The first-order valence-electron chi connectivity index (χ1n) is 10.3. The lowest BCUT2D eigenvalue weighted by atomic mass is 9.76. The third-order valence-electron chi connectivity index (χ3n) is 6.37. The summed E-state index contributed by atoms with van der Waals surface area (Å²) in [5, 5.41) is 4.85. The summed E-state index contributed by atoms with van der Waals surface area (Å²) in [6, 6.07) is 9.31. The zero-order valence-corrected chi connectivity index (χ0v) is 15.8. The Morgan fingerprint density at radius 2 is 2.12 bits per heavy atom. The second kappa shape index (κ2) is 7.83. The second-order valence-corrected chi connectivity index (χ2v) is 8.01. The van der Waals surface area contributed by atoms with Crippen molar-refractivity contribution in [3.05, 3.63) is 36.0 Å². The van der Waals surface area contributed by atoms with Crippen LogP contribution < -0.4 is 5.32 Å². The maximum absolute atomic E-state index is 13.1. The van der Waals surface area contributed by atoms with Crippen molar-refractivity contribution in [2.45, 2.75) is 64.0 Å². The standard InChI is InChI=1S/C22H31N3O/c1-2-23-18-13-16-7-3-6-10-21(16)25(15-18)22(26)12-11-17-14-24-20-9-5-4-8-19(17)20/h4-5,8-9,14,16,18,21,23-24H,2-3,6-7,10-13,15H2,1H3. The number of hydrogen-bond donors (Lipinski definition) is 2. The molecule has 4 rings (SSSR count). The Morgan fingerprint density at radius 1 is 1.27 bits per heavy atom. The molecule has 3 atom stereocenters. The normalized spacial score (nSPS) is 26.0. The van der Waals surface area contributed by atoms with Crippen LogP contribution in [0, 0.1) is 5.92 Å². The molecular weight excluding hydrogens is 322 g/mol. The van der Waals surface area contributed by atoms with Gasteiger partial charge in [-0.2, -0.15) is 0 Å². The average molecular weight is 354 g/mol. The van der Waals surface area contributed by atoms with E-state index in [2.05, 4.69) is 46.5 Å². The van der Waals surface area contributed by atoms with Gasteiger partial charge in [-0.15, -0.1) is 0 Å². The van der Waals surface area contributed by atoms with Gasteiger partial charge >= 0.3 is 0 Å². The summed E-state index contributed by atoms with van der Waals surface area (Å²) in [7, 11) is 0. The van der Waals surface area contributed by atoms with E-state index < -0.39 is 0 Å². The van der Waals surface area contributed by atoms with E-state index in [1.807, 2.05) is 6.07 Å². The van der Waals surface area contributed by atoms with Crippen molar-refractivity contribution in [2.24, 2.45) is 5.92 Å². The quantitative estimate of drug-likeness (QED) is 0.857. The summed E-state index contributed by atoms with van der Waals surface area (Å²) in [5.41, 5.74) is 2.42. The number of carbonyl (C=O) groups is 1. The predicted molar refractivity (Wildman–Crippen MR) is 106 cm³/mol. The second-order valence-electron chi connectivity index (χ2n) is 8.01. The number of piperidine rings is 1. The number of benzene rings is 1. The molecule has 4 heteroatoms. The zero-order chi connectivity index (χ0) is 17.9. The molecule has 0 radical (unpaired) electrons.